The quantitative estimate of drug-likeness (QED) is 0.717. The second kappa shape index (κ2) is 6.28. The number of aryl methyl sites for hydroxylation is 1. The molecule has 1 saturated carbocycles. The third kappa shape index (κ3) is 3.84. The minimum absolute atomic E-state index is 0.0295. The average Bonchev–Trinajstić information content (AvgIpc) is 3.15. The maximum atomic E-state index is 12.3. The molecule has 6 heteroatoms. The fraction of sp³-hybridized carbons (Fsp3) is 0.714. The normalized spacial score (nSPS) is 17.4. The molecule has 0 amide bonds. The van der Waals surface area contributed by atoms with Crippen LogP contribution in [0.25, 0.3) is 0 Å². The Morgan fingerprint density at radius 1 is 1.45 bits per heavy atom. The van der Waals surface area contributed by atoms with Gasteiger partial charge < -0.3 is 9.88 Å². The van der Waals surface area contributed by atoms with Gasteiger partial charge in [0, 0.05) is 31.5 Å². The van der Waals surface area contributed by atoms with Gasteiger partial charge in [-0.1, -0.05) is 6.92 Å². The van der Waals surface area contributed by atoms with Crippen molar-refractivity contribution in [2.75, 3.05) is 6.54 Å². The third-order valence-electron chi connectivity index (χ3n) is 3.80. The molecule has 1 atom stereocenters. The maximum Gasteiger partial charge on any atom is 0.242 e. The Kier molecular flexibility index (Phi) is 4.88. The van der Waals surface area contributed by atoms with E-state index in [1.54, 1.807) is 12.3 Å². The first-order valence-electron chi connectivity index (χ1n) is 7.32. The van der Waals surface area contributed by atoms with E-state index in [0.29, 0.717) is 17.4 Å². The lowest BCUT2D eigenvalue weighted by atomic mass is 10.2. The highest BCUT2D eigenvalue weighted by atomic mass is 32.2. The van der Waals surface area contributed by atoms with Crippen LogP contribution in [0.15, 0.2) is 17.2 Å². The summed E-state index contributed by atoms with van der Waals surface area (Å²) in [6, 6.07) is 1.78. The van der Waals surface area contributed by atoms with E-state index >= 15 is 0 Å². The number of rotatable bonds is 8. The lowest BCUT2D eigenvalue weighted by Gasteiger charge is -2.11. The van der Waals surface area contributed by atoms with Crippen LogP contribution in [0.5, 0.6) is 0 Å². The standard InChI is InChI=1S/C14H25N3O2S/c1-4-7-15-9-13-8-14(10-17(13)3)20(18,19)16-11(2)12-5-6-12/h8,10-12,15-16H,4-7,9H2,1-3H3. The van der Waals surface area contributed by atoms with Crippen molar-refractivity contribution in [2.45, 2.75) is 50.6 Å². The number of aromatic nitrogens is 1. The van der Waals surface area contributed by atoms with Gasteiger partial charge in [0.2, 0.25) is 10.0 Å². The van der Waals surface area contributed by atoms with Crippen LogP contribution >= 0.6 is 0 Å². The first kappa shape index (κ1) is 15.5. The van der Waals surface area contributed by atoms with Gasteiger partial charge in [-0.2, -0.15) is 0 Å². The molecule has 20 heavy (non-hydrogen) atoms. The average molecular weight is 299 g/mol. The van der Waals surface area contributed by atoms with Crippen molar-refractivity contribution >= 4 is 10.0 Å². The summed E-state index contributed by atoms with van der Waals surface area (Å²) in [5.41, 5.74) is 0.984. The first-order valence-corrected chi connectivity index (χ1v) is 8.80. The van der Waals surface area contributed by atoms with Gasteiger partial charge in [0.15, 0.2) is 0 Å². The fourth-order valence-corrected chi connectivity index (χ4v) is 3.70. The summed E-state index contributed by atoms with van der Waals surface area (Å²) in [4.78, 5) is 0.362. The van der Waals surface area contributed by atoms with E-state index in [1.165, 1.54) is 0 Å². The van der Waals surface area contributed by atoms with Crippen LogP contribution in [0.3, 0.4) is 0 Å². The molecule has 2 rings (SSSR count). The summed E-state index contributed by atoms with van der Waals surface area (Å²) >= 11 is 0. The molecular formula is C14H25N3O2S. The molecule has 1 unspecified atom stereocenters. The van der Waals surface area contributed by atoms with E-state index in [2.05, 4.69) is 17.0 Å². The monoisotopic (exact) mass is 299 g/mol. The minimum Gasteiger partial charge on any atom is -0.352 e. The van der Waals surface area contributed by atoms with Crippen LogP contribution < -0.4 is 10.0 Å². The van der Waals surface area contributed by atoms with Crippen molar-refractivity contribution in [1.29, 1.82) is 0 Å². The molecule has 5 nitrogen and oxygen atoms in total. The molecule has 0 aromatic carbocycles. The lowest BCUT2D eigenvalue weighted by molar-refractivity contribution is 0.538. The second-order valence-electron chi connectivity index (χ2n) is 5.70. The second-order valence-corrected chi connectivity index (χ2v) is 7.42. The summed E-state index contributed by atoms with van der Waals surface area (Å²) in [5.74, 6) is 0.513. The zero-order valence-corrected chi connectivity index (χ0v) is 13.3. The summed E-state index contributed by atoms with van der Waals surface area (Å²) in [5, 5.41) is 3.29. The van der Waals surface area contributed by atoms with Crippen LogP contribution in [0.4, 0.5) is 0 Å². The Hall–Kier alpha value is -0.850. The number of hydrogen-bond acceptors (Lipinski definition) is 3. The number of hydrogen-bond donors (Lipinski definition) is 2. The van der Waals surface area contributed by atoms with Gasteiger partial charge in [0.25, 0.3) is 0 Å². The minimum atomic E-state index is -3.40. The van der Waals surface area contributed by atoms with Crippen molar-refractivity contribution in [3.05, 3.63) is 18.0 Å². The third-order valence-corrected chi connectivity index (χ3v) is 5.32. The topological polar surface area (TPSA) is 63.1 Å². The molecule has 0 aliphatic heterocycles. The van der Waals surface area contributed by atoms with Crippen molar-refractivity contribution in [3.8, 4) is 0 Å². The van der Waals surface area contributed by atoms with Gasteiger partial charge in [0.1, 0.15) is 0 Å². The van der Waals surface area contributed by atoms with Crippen molar-refractivity contribution in [2.24, 2.45) is 13.0 Å². The first-order chi connectivity index (χ1) is 9.44. The van der Waals surface area contributed by atoms with E-state index in [1.807, 2.05) is 18.5 Å². The van der Waals surface area contributed by atoms with Gasteiger partial charge in [-0.3, -0.25) is 0 Å². The number of sulfonamides is 1. The molecular weight excluding hydrogens is 274 g/mol. The molecule has 0 saturated heterocycles. The Bertz CT molecular complexity index is 547. The van der Waals surface area contributed by atoms with E-state index < -0.39 is 10.0 Å². The highest BCUT2D eigenvalue weighted by Gasteiger charge is 2.31. The Morgan fingerprint density at radius 2 is 2.15 bits per heavy atom. The smallest absolute Gasteiger partial charge is 0.242 e. The van der Waals surface area contributed by atoms with E-state index in [4.69, 9.17) is 0 Å². The van der Waals surface area contributed by atoms with Crippen LogP contribution in [0.1, 0.15) is 38.8 Å². The molecule has 0 bridgehead atoms. The largest absolute Gasteiger partial charge is 0.352 e. The van der Waals surface area contributed by atoms with Gasteiger partial charge in [-0.15, -0.1) is 0 Å². The Labute approximate surface area is 121 Å². The maximum absolute atomic E-state index is 12.3. The van der Waals surface area contributed by atoms with Crippen LogP contribution in [0.2, 0.25) is 0 Å². The SMILES string of the molecule is CCCNCc1cc(S(=O)(=O)NC(C)C2CC2)cn1C. The summed E-state index contributed by atoms with van der Waals surface area (Å²) < 4.78 is 29.3. The summed E-state index contributed by atoms with van der Waals surface area (Å²) in [6.45, 7) is 5.68. The van der Waals surface area contributed by atoms with Gasteiger partial charge in [-0.25, -0.2) is 13.1 Å². The number of nitrogens with one attached hydrogen (secondary N) is 2. The molecule has 1 aliphatic rings. The zero-order chi connectivity index (χ0) is 14.8. The van der Waals surface area contributed by atoms with Gasteiger partial charge in [0.05, 0.1) is 4.90 Å². The van der Waals surface area contributed by atoms with Crippen molar-refractivity contribution < 1.29 is 8.42 Å². The molecule has 1 aromatic rings. The van der Waals surface area contributed by atoms with Gasteiger partial charge in [-0.05, 0) is 44.7 Å². The Morgan fingerprint density at radius 3 is 2.75 bits per heavy atom. The highest BCUT2D eigenvalue weighted by Crippen LogP contribution is 2.33. The molecule has 2 N–H and O–H groups in total. The van der Waals surface area contributed by atoms with E-state index in [0.717, 1.165) is 31.5 Å². The van der Waals surface area contributed by atoms with Crippen molar-refractivity contribution in [3.63, 3.8) is 0 Å². The van der Waals surface area contributed by atoms with Crippen molar-refractivity contribution in [1.82, 2.24) is 14.6 Å². The molecule has 1 heterocycles. The molecule has 1 fully saturated rings. The number of nitrogens with zero attached hydrogens (tertiary/aromatic N) is 1. The Balaban J connectivity index is 2.05. The fourth-order valence-electron chi connectivity index (χ4n) is 2.30. The van der Waals surface area contributed by atoms with E-state index in [9.17, 15) is 8.42 Å². The van der Waals surface area contributed by atoms with Crippen LogP contribution in [-0.2, 0) is 23.6 Å². The summed E-state index contributed by atoms with van der Waals surface area (Å²) in [7, 11) is -1.51. The molecule has 1 aliphatic carbocycles. The van der Waals surface area contributed by atoms with Gasteiger partial charge >= 0.3 is 0 Å². The highest BCUT2D eigenvalue weighted by molar-refractivity contribution is 7.89. The van der Waals surface area contributed by atoms with Crippen LogP contribution in [-0.4, -0.2) is 25.6 Å². The predicted molar refractivity (Wildman–Crippen MR) is 79.9 cm³/mol. The van der Waals surface area contributed by atoms with E-state index in [-0.39, 0.29) is 6.04 Å². The predicted octanol–water partition coefficient (Wildman–Crippen LogP) is 1.60. The van der Waals surface area contributed by atoms with Crippen LogP contribution in [0, 0.1) is 5.92 Å². The molecule has 0 spiro atoms. The summed E-state index contributed by atoms with van der Waals surface area (Å²) in [6.07, 6.45) is 5.01. The zero-order valence-electron chi connectivity index (χ0n) is 12.5. The molecule has 114 valence electrons. The molecule has 1 aromatic heterocycles. The molecule has 0 radical (unpaired) electrons. The lowest BCUT2D eigenvalue weighted by Crippen LogP contribution is -2.33.